The summed E-state index contributed by atoms with van der Waals surface area (Å²) in [5, 5.41) is 0. The average Bonchev–Trinajstić information content (AvgIpc) is 2.66. The topological polar surface area (TPSA) is 92.8 Å². The second kappa shape index (κ2) is 7.40. The highest BCUT2D eigenvalue weighted by atomic mass is 32.2. The number of ether oxygens (including phenoxy) is 1. The fourth-order valence-electron chi connectivity index (χ4n) is 3.11. The van der Waals surface area contributed by atoms with E-state index in [9.17, 15) is 18.0 Å². The van der Waals surface area contributed by atoms with Gasteiger partial charge in [-0.25, -0.2) is 13.2 Å². The Morgan fingerprint density at radius 2 is 1.93 bits per heavy atom. The monoisotopic (exact) mass is 388 g/mol. The lowest BCUT2D eigenvalue weighted by molar-refractivity contribution is -0.116. The lowest BCUT2D eigenvalue weighted by Gasteiger charge is -2.28. The molecular weight excluding hydrogens is 368 g/mol. The summed E-state index contributed by atoms with van der Waals surface area (Å²) in [5.74, 6) is -0.613. The minimum absolute atomic E-state index is 0.0655. The van der Waals surface area contributed by atoms with Crippen molar-refractivity contribution in [2.24, 2.45) is 0 Å². The van der Waals surface area contributed by atoms with Crippen molar-refractivity contribution in [2.45, 2.75) is 24.7 Å². The van der Waals surface area contributed by atoms with Gasteiger partial charge in [0.25, 0.3) is 10.0 Å². The van der Waals surface area contributed by atoms with Crippen molar-refractivity contribution in [1.82, 2.24) is 0 Å². The number of nitrogens with zero attached hydrogens (tertiary/aromatic N) is 1. The third kappa shape index (κ3) is 3.95. The molecule has 1 amide bonds. The van der Waals surface area contributed by atoms with Gasteiger partial charge in [-0.3, -0.25) is 9.52 Å². The van der Waals surface area contributed by atoms with Crippen molar-refractivity contribution in [3.8, 4) is 0 Å². The van der Waals surface area contributed by atoms with E-state index < -0.39 is 16.0 Å². The van der Waals surface area contributed by atoms with E-state index in [1.54, 1.807) is 35.2 Å². The molecule has 2 aromatic carbocycles. The van der Waals surface area contributed by atoms with E-state index in [1.807, 2.05) is 0 Å². The van der Waals surface area contributed by atoms with Gasteiger partial charge in [-0.1, -0.05) is 6.07 Å². The molecule has 3 rings (SSSR count). The van der Waals surface area contributed by atoms with Crippen LogP contribution in [0.4, 0.5) is 11.4 Å². The number of carbonyl (C=O) groups excluding carboxylic acids is 2. The molecule has 27 heavy (non-hydrogen) atoms. The third-order valence-electron chi connectivity index (χ3n) is 4.40. The summed E-state index contributed by atoms with van der Waals surface area (Å²) in [5.41, 5.74) is 2.09. The number of amides is 1. The van der Waals surface area contributed by atoms with Crippen LogP contribution in [0, 0.1) is 0 Å². The number of aryl methyl sites for hydroxylation is 1. The molecule has 0 radical (unpaired) electrons. The number of fused-ring (bicyclic) bond motifs is 1. The number of rotatable bonds is 4. The van der Waals surface area contributed by atoms with Crippen LogP contribution in [0.1, 0.15) is 29.3 Å². The first-order valence-electron chi connectivity index (χ1n) is 8.44. The van der Waals surface area contributed by atoms with E-state index in [0.717, 1.165) is 17.7 Å². The SMILES string of the molecule is COC(=O)c1cccc(NS(=O)(=O)c2ccc3c(c2)CCCN3C(C)=O)c1. The zero-order chi connectivity index (χ0) is 19.6. The largest absolute Gasteiger partial charge is 0.465 e. The maximum atomic E-state index is 12.7. The summed E-state index contributed by atoms with van der Waals surface area (Å²) < 4.78 is 32.6. The summed E-state index contributed by atoms with van der Waals surface area (Å²) in [6, 6.07) is 10.8. The van der Waals surface area contributed by atoms with Crippen LogP contribution >= 0.6 is 0 Å². The molecule has 0 saturated heterocycles. The minimum Gasteiger partial charge on any atom is -0.465 e. The van der Waals surface area contributed by atoms with Crippen molar-refractivity contribution in [1.29, 1.82) is 0 Å². The molecule has 1 heterocycles. The molecule has 0 saturated carbocycles. The molecule has 0 bridgehead atoms. The van der Waals surface area contributed by atoms with E-state index in [-0.39, 0.29) is 22.1 Å². The number of sulfonamides is 1. The highest BCUT2D eigenvalue weighted by Gasteiger charge is 2.23. The summed E-state index contributed by atoms with van der Waals surface area (Å²) in [7, 11) is -2.58. The van der Waals surface area contributed by atoms with Gasteiger partial charge in [-0.15, -0.1) is 0 Å². The first kappa shape index (κ1) is 18.9. The van der Waals surface area contributed by atoms with Gasteiger partial charge in [-0.05, 0) is 54.8 Å². The van der Waals surface area contributed by atoms with Gasteiger partial charge in [0, 0.05) is 24.8 Å². The van der Waals surface area contributed by atoms with Gasteiger partial charge in [-0.2, -0.15) is 0 Å². The highest BCUT2D eigenvalue weighted by Crippen LogP contribution is 2.30. The molecule has 0 atom stereocenters. The molecule has 1 aliphatic heterocycles. The molecule has 0 unspecified atom stereocenters. The lowest BCUT2D eigenvalue weighted by atomic mass is 10.0. The number of benzene rings is 2. The molecule has 142 valence electrons. The minimum atomic E-state index is -3.84. The third-order valence-corrected chi connectivity index (χ3v) is 5.77. The quantitative estimate of drug-likeness (QED) is 0.813. The number of hydrogen-bond donors (Lipinski definition) is 1. The van der Waals surface area contributed by atoms with E-state index >= 15 is 0 Å². The number of esters is 1. The van der Waals surface area contributed by atoms with Gasteiger partial charge < -0.3 is 9.64 Å². The van der Waals surface area contributed by atoms with Crippen LogP contribution in [0.5, 0.6) is 0 Å². The van der Waals surface area contributed by atoms with Gasteiger partial charge in [0.05, 0.1) is 17.6 Å². The Balaban J connectivity index is 1.90. The van der Waals surface area contributed by atoms with E-state index in [0.29, 0.717) is 13.0 Å². The number of anilines is 2. The molecule has 0 fully saturated rings. The van der Waals surface area contributed by atoms with Crippen LogP contribution in [0.3, 0.4) is 0 Å². The molecule has 0 aliphatic carbocycles. The van der Waals surface area contributed by atoms with Crippen molar-refractivity contribution in [3.63, 3.8) is 0 Å². The summed E-state index contributed by atoms with van der Waals surface area (Å²) >= 11 is 0. The fourth-order valence-corrected chi connectivity index (χ4v) is 4.21. The summed E-state index contributed by atoms with van der Waals surface area (Å²) in [4.78, 5) is 25.1. The maximum absolute atomic E-state index is 12.7. The Morgan fingerprint density at radius 1 is 1.15 bits per heavy atom. The predicted molar refractivity (Wildman–Crippen MR) is 101 cm³/mol. The second-order valence-electron chi connectivity index (χ2n) is 6.24. The number of hydrogen-bond acceptors (Lipinski definition) is 5. The first-order valence-corrected chi connectivity index (χ1v) is 9.92. The van der Waals surface area contributed by atoms with Crippen molar-refractivity contribution in [2.75, 3.05) is 23.3 Å². The van der Waals surface area contributed by atoms with Gasteiger partial charge >= 0.3 is 5.97 Å². The van der Waals surface area contributed by atoms with Crippen LogP contribution in [0.15, 0.2) is 47.4 Å². The van der Waals surface area contributed by atoms with Crippen molar-refractivity contribution >= 4 is 33.3 Å². The van der Waals surface area contributed by atoms with E-state index in [4.69, 9.17) is 0 Å². The van der Waals surface area contributed by atoms with Crippen LogP contribution in [-0.2, 0) is 26.0 Å². The summed E-state index contributed by atoms with van der Waals surface area (Å²) in [6.45, 7) is 2.13. The van der Waals surface area contributed by atoms with Gasteiger partial charge in [0.15, 0.2) is 0 Å². The lowest BCUT2D eigenvalue weighted by Crippen LogP contribution is -2.33. The standard InChI is InChI=1S/C19H20N2O5S/c1-13(22)21-10-4-6-14-12-17(8-9-18(14)21)27(24,25)20-16-7-3-5-15(11-16)19(23)26-2/h3,5,7-9,11-12,20H,4,6,10H2,1-2H3. The fraction of sp³-hybridized carbons (Fsp3) is 0.263. The Labute approximate surface area is 158 Å². The molecule has 1 aliphatic rings. The van der Waals surface area contributed by atoms with Crippen LogP contribution in [0.25, 0.3) is 0 Å². The molecule has 2 aromatic rings. The second-order valence-corrected chi connectivity index (χ2v) is 7.93. The van der Waals surface area contributed by atoms with Gasteiger partial charge in [0.1, 0.15) is 0 Å². The smallest absolute Gasteiger partial charge is 0.337 e. The Morgan fingerprint density at radius 3 is 2.63 bits per heavy atom. The van der Waals surface area contributed by atoms with Crippen LogP contribution in [0.2, 0.25) is 0 Å². The normalized spacial score (nSPS) is 13.6. The Bertz CT molecular complexity index is 1000. The summed E-state index contributed by atoms with van der Waals surface area (Å²) in [6.07, 6.45) is 1.49. The predicted octanol–water partition coefficient (Wildman–Crippen LogP) is 2.57. The van der Waals surface area contributed by atoms with E-state index in [1.165, 1.54) is 26.2 Å². The maximum Gasteiger partial charge on any atom is 0.337 e. The average molecular weight is 388 g/mol. The zero-order valence-electron chi connectivity index (χ0n) is 15.1. The van der Waals surface area contributed by atoms with Crippen LogP contribution in [-0.4, -0.2) is 33.9 Å². The first-order chi connectivity index (χ1) is 12.8. The molecule has 1 N–H and O–H groups in total. The number of methoxy groups -OCH3 is 1. The van der Waals surface area contributed by atoms with Crippen LogP contribution < -0.4 is 9.62 Å². The molecular formula is C19H20N2O5S. The zero-order valence-corrected chi connectivity index (χ0v) is 15.9. The number of carbonyl (C=O) groups is 2. The molecule has 0 spiro atoms. The Kier molecular flexibility index (Phi) is 5.18. The number of nitrogens with one attached hydrogen (secondary N) is 1. The molecule has 8 heteroatoms. The molecule has 0 aromatic heterocycles. The van der Waals surface area contributed by atoms with E-state index in [2.05, 4.69) is 9.46 Å². The molecule has 7 nitrogen and oxygen atoms in total. The van der Waals surface area contributed by atoms with Gasteiger partial charge in [0.2, 0.25) is 5.91 Å². The Hall–Kier alpha value is -2.87. The highest BCUT2D eigenvalue weighted by molar-refractivity contribution is 7.92. The van der Waals surface area contributed by atoms with Crippen molar-refractivity contribution < 1.29 is 22.7 Å². The van der Waals surface area contributed by atoms with Crippen molar-refractivity contribution in [3.05, 3.63) is 53.6 Å².